The van der Waals surface area contributed by atoms with Gasteiger partial charge in [0.2, 0.25) is 0 Å². The van der Waals surface area contributed by atoms with Crippen molar-refractivity contribution in [2.75, 3.05) is 16.8 Å². The van der Waals surface area contributed by atoms with Crippen molar-refractivity contribution in [2.45, 2.75) is 19.4 Å². The van der Waals surface area contributed by atoms with E-state index < -0.39 is 9.84 Å². The van der Waals surface area contributed by atoms with Gasteiger partial charge < -0.3 is 11.1 Å². The molecular weight excluding hydrogens is 270 g/mol. The van der Waals surface area contributed by atoms with Crippen LogP contribution in [0.5, 0.6) is 0 Å². The van der Waals surface area contributed by atoms with E-state index >= 15 is 0 Å². The summed E-state index contributed by atoms with van der Waals surface area (Å²) in [5.74, 6) is 0.933. The molecule has 0 spiro atoms. The zero-order valence-electron chi connectivity index (χ0n) is 10.0. The van der Waals surface area contributed by atoms with Gasteiger partial charge in [-0.05, 0) is 25.5 Å². The van der Waals surface area contributed by atoms with E-state index in [0.29, 0.717) is 17.8 Å². The molecule has 1 atom stereocenters. The van der Waals surface area contributed by atoms with Gasteiger partial charge in [-0.2, -0.15) is 0 Å². The molecular formula is C11H15N3O2S2. The van der Waals surface area contributed by atoms with Crippen molar-refractivity contribution in [3.63, 3.8) is 0 Å². The summed E-state index contributed by atoms with van der Waals surface area (Å²) in [6.07, 6.45) is 0.592. The predicted octanol–water partition coefficient (Wildman–Crippen LogP) is 0.623. The monoisotopic (exact) mass is 285 g/mol. The maximum absolute atomic E-state index is 11.4. The third-order valence-electron chi connectivity index (χ3n) is 2.87. The van der Waals surface area contributed by atoms with Crippen molar-refractivity contribution in [1.82, 2.24) is 4.98 Å². The average molecular weight is 285 g/mol. The summed E-state index contributed by atoms with van der Waals surface area (Å²) < 4.78 is 22.8. The molecule has 0 aliphatic carbocycles. The lowest BCUT2D eigenvalue weighted by Gasteiger charge is -2.15. The number of hydrogen-bond acceptors (Lipinski definition) is 5. The number of rotatable bonds is 3. The summed E-state index contributed by atoms with van der Waals surface area (Å²) in [6.45, 7) is 1.86. The fourth-order valence-corrected chi connectivity index (χ4v) is 3.81. The second-order valence-corrected chi connectivity index (χ2v) is 7.13. The van der Waals surface area contributed by atoms with Gasteiger partial charge >= 0.3 is 0 Å². The number of aryl methyl sites for hydroxylation is 1. The summed E-state index contributed by atoms with van der Waals surface area (Å²) in [4.78, 5) is 4.59. The zero-order valence-corrected chi connectivity index (χ0v) is 11.6. The molecule has 2 heterocycles. The molecule has 2 rings (SSSR count). The minimum absolute atomic E-state index is 0.114. The minimum atomic E-state index is -2.91. The number of thiocarbonyl (C=S) groups is 1. The predicted molar refractivity (Wildman–Crippen MR) is 75.5 cm³/mol. The number of pyridine rings is 1. The maximum Gasteiger partial charge on any atom is 0.152 e. The third-order valence-corrected chi connectivity index (χ3v) is 4.86. The molecule has 1 aromatic heterocycles. The number of nitrogens with zero attached hydrogens (tertiary/aromatic N) is 1. The quantitative estimate of drug-likeness (QED) is 0.792. The lowest BCUT2D eigenvalue weighted by Crippen LogP contribution is -2.24. The standard InChI is InChI=1S/C11H15N3O2S2/c1-7-2-3-9(10(12)17)11(13-7)14-8-4-5-18(15,16)6-8/h2-3,8H,4-6H2,1H3,(H2,12,17)(H,13,14). The number of nitrogens with two attached hydrogens (primary N) is 1. The van der Waals surface area contributed by atoms with Crippen molar-refractivity contribution in [3.05, 3.63) is 23.4 Å². The topological polar surface area (TPSA) is 85.1 Å². The van der Waals surface area contributed by atoms with Crippen LogP contribution in [0.4, 0.5) is 5.82 Å². The Balaban J connectivity index is 2.23. The van der Waals surface area contributed by atoms with E-state index in [0.717, 1.165) is 5.69 Å². The van der Waals surface area contributed by atoms with Gasteiger partial charge in [0.15, 0.2) is 9.84 Å². The molecule has 1 fully saturated rings. The van der Waals surface area contributed by atoms with E-state index in [1.807, 2.05) is 13.0 Å². The summed E-state index contributed by atoms with van der Waals surface area (Å²) in [5.41, 5.74) is 7.11. The molecule has 1 unspecified atom stereocenters. The van der Waals surface area contributed by atoms with E-state index in [4.69, 9.17) is 18.0 Å². The van der Waals surface area contributed by atoms with Crippen LogP contribution < -0.4 is 11.1 Å². The summed E-state index contributed by atoms with van der Waals surface area (Å²) in [5, 5.41) is 3.13. The number of anilines is 1. The smallest absolute Gasteiger partial charge is 0.152 e. The highest BCUT2D eigenvalue weighted by Gasteiger charge is 2.28. The van der Waals surface area contributed by atoms with Crippen LogP contribution in [0.15, 0.2) is 12.1 Å². The lowest BCUT2D eigenvalue weighted by atomic mass is 10.2. The highest BCUT2D eigenvalue weighted by molar-refractivity contribution is 7.91. The maximum atomic E-state index is 11.4. The molecule has 7 heteroatoms. The van der Waals surface area contributed by atoms with Crippen molar-refractivity contribution in [3.8, 4) is 0 Å². The molecule has 18 heavy (non-hydrogen) atoms. The van der Waals surface area contributed by atoms with E-state index in [9.17, 15) is 8.42 Å². The Morgan fingerprint density at radius 2 is 2.28 bits per heavy atom. The van der Waals surface area contributed by atoms with Gasteiger partial charge in [-0.25, -0.2) is 13.4 Å². The lowest BCUT2D eigenvalue weighted by molar-refractivity contribution is 0.602. The highest BCUT2D eigenvalue weighted by atomic mass is 32.2. The Bertz CT molecular complexity index is 584. The first-order valence-corrected chi connectivity index (χ1v) is 7.85. The Hall–Kier alpha value is -1.21. The summed E-state index contributed by atoms with van der Waals surface area (Å²) in [7, 11) is -2.91. The zero-order chi connectivity index (χ0) is 13.3. The van der Waals surface area contributed by atoms with Crippen LogP contribution in [0, 0.1) is 6.92 Å². The van der Waals surface area contributed by atoms with Gasteiger partial charge in [0.05, 0.1) is 17.1 Å². The van der Waals surface area contributed by atoms with Gasteiger partial charge in [0.1, 0.15) is 10.8 Å². The van der Waals surface area contributed by atoms with E-state index in [2.05, 4.69) is 10.3 Å². The Morgan fingerprint density at radius 1 is 1.56 bits per heavy atom. The van der Waals surface area contributed by atoms with Crippen LogP contribution in [-0.2, 0) is 9.84 Å². The molecule has 5 nitrogen and oxygen atoms in total. The largest absolute Gasteiger partial charge is 0.389 e. The van der Waals surface area contributed by atoms with E-state index in [1.165, 1.54) is 0 Å². The molecule has 1 aromatic rings. The first kappa shape index (κ1) is 13.2. The molecule has 0 radical (unpaired) electrons. The SMILES string of the molecule is Cc1ccc(C(N)=S)c(NC2CCS(=O)(=O)C2)n1. The van der Waals surface area contributed by atoms with Crippen LogP contribution in [-0.4, -0.2) is 35.9 Å². The highest BCUT2D eigenvalue weighted by Crippen LogP contribution is 2.19. The first-order valence-electron chi connectivity index (χ1n) is 5.62. The van der Waals surface area contributed by atoms with E-state index in [1.54, 1.807) is 6.07 Å². The van der Waals surface area contributed by atoms with Crippen LogP contribution >= 0.6 is 12.2 Å². The average Bonchev–Trinajstić information content (AvgIpc) is 2.57. The fourth-order valence-electron chi connectivity index (χ4n) is 1.97. The van der Waals surface area contributed by atoms with Crippen LogP contribution in [0.2, 0.25) is 0 Å². The van der Waals surface area contributed by atoms with Crippen molar-refractivity contribution in [1.29, 1.82) is 0 Å². The molecule has 0 bridgehead atoms. The number of nitrogens with one attached hydrogen (secondary N) is 1. The van der Waals surface area contributed by atoms with Gasteiger partial charge in [-0.1, -0.05) is 12.2 Å². The Morgan fingerprint density at radius 3 is 2.83 bits per heavy atom. The van der Waals surface area contributed by atoms with Gasteiger partial charge in [0.25, 0.3) is 0 Å². The first-order chi connectivity index (χ1) is 8.37. The number of sulfone groups is 1. The summed E-state index contributed by atoms with van der Waals surface area (Å²) in [6, 6.07) is 3.51. The molecule has 0 saturated carbocycles. The molecule has 1 saturated heterocycles. The number of hydrogen-bond donors (Lipinski definition) is 2. The van der Waals surface area contributed by atoms with Crippen LogP contribution in [0.3, 0.4) is 0 Å². The normalized spacial score (nSPS) is 21.7. The van der Waals surface area contributed by atoms with Crippen LogP contribution in [0.1, 0.15) is 17.7 Å². The van der Waals surface area contributed by atoms with Gasteiger partial charge in [0, 0.05) is 11.7 Å². The summed E-state index contributed by atoms with van der Waals surface area (Å²) >= 11 is 4.96. The van der Waals surface area contributed by atoms with Crippen molar-refractivity contribution < 1.29 is 8.42 Å². The molecule has 3 N–H and O–H groups in total. The molecule has 1 aliphatic rings. The second kappa shape index (κ2) is 4.81. The van der Waals surface area contributed by atoms with Crippen LogP contribution in [0.25, 0.3) is 0 Å². The Labute approximate surface area is 112 Å². The van der Waals surface area contributed by atoms with E-state index in [-0.39, 0.29) is 22.5 Å². The molecule has 0 aromatic carbocycles. The van der Waals surface area contributed by atoms with Gasteiger partial charge in [-0.3, -0.25) is 0 Å². The minimum Gasteiger partial charge on any atom is -0.389 e. The fraction of sp³-hybridized carbons (Fsp3) is 0.455. The Kier molecular flexibility index (Phi) is 3.54. The molecule has 98 valence electrons. The molecule has 1 aliphatic heterocycles. The van der Waals surface area contributed by atoms with Gasteiger partial charge in [-0.15, -0.1) is 0 Å². The van der Waals surface area contributed by atoms with Crippen molar-refractivity contribution >= 4 is 32.9 Å². The third kappa shape index (κ3) is 2.97. The number of aromatic nitrogens is 1. The second-order valence-electron chi connectivity index (χ2n) is 4.46. The molecule has 0 amide bonds. The van der Waals surface area contributed by atoms with Crippen molar-refractivity contribution in [2.24, 2.45) is 5.73 Å².